The lowest BCUT2D eigenvalue weighted by molar-refractivity contribution is 0.600. The fraction of sp³-hybridized carbons (Fsp3) is 0.0625. The van der Waals surface area contributed by atoms with Gasteiger partial charge in [0.2, 0.25) is 0 Å². The number of rotatable bonds is 3. The van der Waals surface area contributed by atoms with Gasteiger partial charge < -0.3 is 10.3 Å². The SMILES string of the molecule is Nc1cccc(-c2nccn2Cc2cc(Cl)ccc2F)c1. The molecule has 0 amide bonds. The predicted octanol–water partition coefficient (Wildman–Crippen LogP) is 3.97. The molecule has 0 atom stereocenters. The molecular formula is C16H13ClFN3. The molecule has 1 heterocycles. The molecule has 2 aromatic carbocycles. The zero-order valence-corrected chi connectivity index (χ0v) is 11.9. The summed E-state index contributed by atoms with van der Waals surface area (Å²) in [4.78, 5) is 4.33. The Morgan fingerprint density at radius 1 is 1.19 bits per heavy atom. The standard InChI is InChI=1S/C16H13ClFN3/c17-13-4-5-15(18)12(8-13)10-21-7-6-20-16(21)11-2-1-3-14(19)9-11/h1-9H,10,19H2. The summed E-state index contributed by atoms with van der Waals surface area (Å²) in [6, 6.07) is 12.0. The van der Waals surface area contributed by atoms with Crippen LogP contribution in [0.25, 0.3) is 11.4 Å². The van der Waals surface area contributed by atoms with Gasteiger partial charge in [-0.3, -0.25) is 0 Å². The molecule has 0 bridgehead atoms. The fourth-order valence-corrected chi connectivity index (χ4v) is 2.42. The van der Waals surface area contributed by atoms with E-state index >= 15 is 0 Å². The van der Waals surface area contributed by atoms with Crippen LogP contribution in [0.3, 0.4) is 0 Å². The normalized spacial score (nSPS) is 10.8. The largest absolute Gasteiger partial charge is 0.399 e. The molecule has 0 radical (unpaired) electrons. The van der Waals surface area contributed by atoms with E-state index in [0.29, 0.717) is 22.8 Å². The van der Waals surface area contributed by atoms with E-state index in [9.17, 15) is 4.39 Å². The third-order valence-corrected chi connectivity index (χ3v) is 3.44. The maximum Gasteiger partial charge on any atom is 0.140 e. The molecule has 3 rings (SSSR count). The zero-order valence-electron chi connectivity index (χ0n) is 11.1. The van der Waals surface area contributed by atoms with Crippen LogP contribution in [0.5, 0.6) is 0 Å². The van der Waals surface area contributed by atoms with Crippen LogP contribution >= 0.6 is 11.6 Å². The van der Waals surface area contributed by atoms with Crippen LogP contribution in [0, 0.1) is 5.82 Å². The van der Waals surface area contributed by atoms with Gasteiger partial charge in [0.1, 0.15) is 11.6 Å². The highest BCUT2D eigenvalue weighted by atomic mass is 35.5. The highest BCUT2D eigenvalue weighted by molar-refractivity contribution is 6.30. The number of benzene rings is 2. The molecule has 0 aliphatic rings. The van der Waals surface area contributed by atoms with Crippen molar-refractivity contribution in [3.8, 4) is 11.4 Å². The van der Waals surface area contributed by atoms with Crippen LogP contribution in [-0.2, 0) is 6.54 Å². The van der Waals surface area contributed by atoms with Crippen molar-refractivity contribution >= 4 is 17.3 Å². The van der Waals surface area contributed by atoms with Gasteiger partial charge >= 0.3 is 0 Å². The molecule has 21 heavy (non-hydrogen) atoms. The molecule has 0 saturated carbocycles. The second-order valence-electron chi connectivity index (χ2n) is 4.74. The van der Waals surface area contributed by atoms with E-state index in [1.54, 1.807) is 18.5 Å². The van der Waals surface area contributed by atoms with Crippen molar-refractivity contribution in [1.82, 2.24) is 9.55 Å². The Balaban J connectivity index is 1.98. The Bertz CT molecular complexity index is 783. The van der Waals surface area contributed by atoms with Gasteiger partial charge in [-0.2, -0.15) is 0 Å². The van der Waals surface area contributed by atoms with Gasteiger partial charge in [-0.1, -0.05) is 23.7 Å². The summed E-state index contributed by atoms with van der Waals surface area (Å²) in [6.07, 6.45) is 3.49. The maximum absolute atomic E-state index is 13.8. The summed E-state index contributed by atoms with van der Waals surface area (Å²) in [6.45, 7) is 0.358. The first-order valence-corrected chi connectivity index (χ1v) is 6.82. The highest BCUT2D eigenvalue weighted by Gasteiger charge is 2.09. The summed E-state index contributed by atoms with van der Waals surface area (Å²) in [5, 5.41) is 0.511. The minimum absolute atomic E-state index is 0.286. The first kappa shape index (κ1) is 13.6. The van der Waals surface area contributed by atoms with Gasteiger partial charge in [-0.25, -0.2) is 9.37 Å². The molecule has 0 aliphatic heterocycles. The average molecular weight is 302 g/mol. The van der Waals surface area contributed by atoms with E-state index in [1.165, 1.54) is 12.1 Å². The van der Waals surface area contributed by atoms with Crippen molar-refractivity contribution < 1.29 is 4.39 Å². The van der Waals surface area contributed by atoms with E-state index in [2.05, 4.69) is 4.98 Å². The minimum atomic E-state index is -0.286. The van der Waals surface area contributed by atoms with Crippen molar-refractivity contribution in [3.63, 3.8) is 0 Å². The van der Waals surface area contributed by atoms with Crippen LogP contribution in [-0.4, -0.2) is 9.55 Å². The van der Waals surface area contributed by atoms with Gasteiger partial charge in [0, 0.05) is 34.2 Å². The van der Waals surface area contributed by atoms with Crippen LogP contribution in [0.15, 0.2) is 54.9 Å². The molecular weight excluding hydrogens is 289 g/mol. The molecule has 0 spiro atoms. The molecule has 106 valence electrons. The summed E-state index contributed by atoms with van der Waals surface area (Å²) >= 11 is 5.93. The first-order valence-electron chi connectivity index (χ1n) is 6.44. The van der Waals surface area contributed by atoms with Crippen molar-refractivity contribution in [2.75, 3.05) is 5.73 Å². The first-order chi connectivity index (χ1) is 10.1. The number of halogens is 2. The van der Waals surface area contributed by atoms with Gasteiger partial charge in [0.05, 0.1) is 6.54 Å². The molecule has 3 nitrogen and oxygen atoms in total. The van der Waals surface area contributed by atoms with E-state index < -0.39 is 0 Å². The smallest absolute Gasteiger partial charge is 0.140 e. The molecule has 0 fully saturated rings. The number of imidazole rings is 1. The van der Waals surface area contributed by atoms with Crippen molar-refractivity contribution in [1.29, 1.82) is 0 Å². The number of nitrogens with two attached hydrogens (primary N) is 1. The fourth-order valence-electron chi connectivity index (χ4n) is 2.22. The van der Waals surface area contributed by atoms with Crippen LogP contribution < -0.4 is 5.73 Å². The Hall–Kier alpha value is -2.33. The Kier molecular flexibility index (Phi) is 3.62. The molecule has 1 aromatic heterocycles. The van der Waals surface area contributed by atoms with E-state index in [-0.39, 0.29) is 5.82 Å². The number of hydrogen-bond donors (Lipinski definition) is 1. The topological polar surface area (TPSA) is 43.8 Å². The number of nitrogens with zero attached hydrogens (tertiary/aromatic N) is 2. The summed E-state index contributed by atoms with van der Waals surface area (Å²) in [5.74, 6) is 0.452. The minimum Gasteiger partial charge on any atom is -0.399 e. The lowest BCUT2D eigenvalue weighted by Crippen LogP contribution is -2.03. The number of hydrogen-bond acceptors (Lipinski definition) is 2. The summed E-state index contributed by atoms with van der Waals surface area (Å²) in [5.41, 5.74) is 7.87. The average Bonchev–Trinajstić information content (AvgIpc) is 2.91. The molecule has 3 aromatic rings. The Labute approximate surface area is 126 Å². The van der Waals surface area contributed by atoms with E-state index in [4.69, 9.17) is 17.3 Å². The van der Waals surface area contributed by atoms with Crippen molar-refractivity contribution in [2.24, 2.45) is 0 Å². The monoisotopic (exact) mass is 301 g/mol. The molecule has 0 saturated heterocycles. The number of anilines is 1. The highest BCUT2D eigenvalue weighted by Crippen LogP contribution is 2.22. The molecule has 2 N–H and O–H groups in total. The van der Waals surface area contributed by atoms with E-state index in [0.717, 1.165) is 11.4 Å². The van der Waals surface area contributed by atoms with Crippen molar-refractivity contribution in [2.45, 2.75) is 6.54 Å². The van der Waals surface area contributed by atoms with E-state index in [1.807, 2.05) is 28.8 Å². The maximum atomic E-state index is 13.8. The number of nitrogen functional groups attached to an aromatic ring is 1. The third-order valence-electron chi connectivity index (χ3n) is 3.21. The van der Waals surface area contributed by atoms with Gasteiger partial charge in [-0.05, 0) is 30.3 Å². The quantitative estimate of drug-likeness (QED) is 0.744. The van der Waals surface area contributed by atoms with Crippen LogP contribution in [0.4, 0.5) is 10.1 Å². The molecule has 0 aliphatic carbocycles. The van der Waals surface area contributed by atoms with Crippen LogP contribution in [0.2, 0.25) is 5.02 Å². The van der Waals surface area contributed by atoms with Gasteiger partial charge in [0.25, 0.3) is 0 Å². The summed E-state index contributed by atoms with van der Waals surface area (Å²) < 4.78 is 15.7. The molecule has 5 heteroatoms. The predicted molar refractivity (Wildman–Crippen MR) is 82.6 cm³/mol. The second kappa shape index (κ2) is 5.58. The van der Waals surface area contributed by atoms with Crippen molar-refractivity contribution in [3.05, 3.63) is 71.3 Å². The number of aromatic nitrogens is 2. The summed E-state index contributed by atoms with van der Waals surface area (Å²) in [7, 11) is 0. The second-order valence-corrected chi connectivity index (χ2v) is 5.18. The molecule has 0 unspecified atom stereocenters. The Morgan fingerprint density at radius 2 is 2.05 bits per heavy atom. The lowest BCUT2D eigenvalue weighted by Gasteiger charge is -2.10. The zero-order chi connectivity index (χ0) is 14.8. The third kappa shape index (κ3) is 2.90. The van der Waals surface area contributed by atoms with Crippen LogP contribution in [0.1, 0.15) is 5.56 Å². The van der Waals surface area contributed by atoms with Gasteiger partial charge in [-0.15, -0.1) is 0 Å². The Morgan fingerprint density at radius 3 is 2.86 bits per heavy atom. The van der Waals surface area contributed by atoms with Gasteiger partial charge in [0.15, 0.2) is 0 Å². The lowest BCUT2D eigenvalue weighted by atomic mass is 10.1.